The van der Waals surface area contributed by atoms with E-state index in [4.69, 9.17) is 4.74 Å². The Morgan fingerprint density at radius 3 is 2.65 bits per heavy atom. The Balaban J connectivity index is 2.36. The number of ketones is 1. The first-order chi connectivity index (χ1) is 9.52. The fourth-order valence-corrected chi connectivity index (χ4v) is 2.96. The number of hydrogen-bond acceptors (Lipinski definition) is 2. The molecular formula is C15H11BrFIO2. The molecule has 104 valence electrons. The van der Waals surface area contributed by atoms with E-state index in [2.05, 4.69) is 15.9 Å². The van der Waals surface area contributed by atoms with E-state index in [0.717, 1.165) is 4.47 Å². The van der Waals surface area contributed by atoms with Crippen molar-refractivity contribution in [3.63, 3.8) is 0 Å². The van der Waals surface area contributed by atoms with E-state index >= 15 is 0 Å². The van der Waals surface area contributed by atoms with Crippen LogP contribution >= 0.6 is 38.5 Å². The first-order valence-electron chi connectivity index (χ1n) is 5.95. The highest BCUT2D eigenvalue weighted by atomic mass is 127. The molecule has 5 heteroatoms. The third kappa shape index (κ3) is 3.38. The molecule has 20 heavy (non-hydrogen) atoms. The number of carbonyl (C=O) groups is 1. The molecule has 0 aliphatic carbocycles. The molecule has 0 amide bonds. The molecule has 0 fully saturated rings. The standard InChI is InChI=1S/C15H11BrFIO2/c1-2-20-14-6-3-9(7-12(14)16)15(19)11-5-4-10(17)8-13(11)18/h3-8H,2H2,1H3. The predicted molar refractivity (Wildman–Crippen MR) is 87.9 cm³/mol. The zero-order valence-corrected chi connectivity index (χ0v) is 14.4. The van der Waals surface area contributed by atoms with Crippen molar-refractivity contribution in [2.45, 2.75) is 6.92 Å². The van der Waals surface area contributed by atoms with E-state index in [9.17, 15) is 9.18 Å². The molecule has 0 radical (unpaired) electrons. The SMILES string of the molecule is CCOc1ccc(C(=O)c2ccc(F)cc2I)cc1Br. The Hall–Kier alpha value is -0.950. The molecule has 0 aromatic heterocycles. The Morgan fingerprint density at radius 2 is 2.05 bits per heavy atom. The van der Waals surface area contributed by atoms with Crippen LogP contribution in [-0.4, -0.2) is 12.4 Å². The van der Waals surface area contributed by atoms with Crippen LogP contribution in [0.25, 0.3) is 0 Å². The Bertz CT molecular complexity index is 658. The zero-order chi connectivity index (χ0) is 14.7. The van der Waals surface area contributed by atoms with Crippen LogP contribution in [0.5, 0.6) is 5.75 Å². The van der Waals surface area contributed by atoms with Crippen molar-refractivity contribution < 1.29 is 13.9 Å². The number of hydrogen-bond donors (Lipinski definition) is 0. The molecule has 2 nitrogen and oxygen atoms in total. The summed E-state index contributed by atoms with van der Waals surface area (Å²) in [6.45, 7) is 2.45. The van der Waals surface area contributed by atoms with Gasteiger partial charge >= 0.3 is 0 Å². The van der Waals surface area contributed by atoms with Gasteiger partial charge in [0.2, 0.25) is 0 Å². The lowest BCUT2D eigenvalue weighted by molar-refractivity contribution is 0.103. The molecule has 0 spiro atoms. The maximum atomic E-state index is 13.1. The van der Waals surface area contributed by atoms with E-state index in [1.165, 1.54) is 18.2 Å². The number of carbonyl (C=O) groups excluding carboxylic acids is 1. The fraction of sp³-hybridized carbons (Fsp3) is 0.133. The molecule has 0 N–H and O–H groups in total. The first-order valence-corrected chi connectivity index (χ1v) is 7.82. The predicted octanol–water partition coefficient (Wildman–Crippen LogP) is 4.82. The summed E-state index contributed by atoms with van der Waals surface area (Å²) in [6, 6.07) is 9.31. The van der Waals surface area contributed by atoms with E-state index in [-0.39, 0.29) is 11.6 Å². The van der Waals surface area contributed by atoms with Crippen LogP contribution in [0, 0.1) is 9.39 Å². The molecule has 0 saturated heterocycles. The van der Waals surface area contributed by atoms with Crippen molar-refractivity contribution in [1.29, 1.82) is 0 Å². The molecular weight excluding hydrogens is 438 g/mol. The number of benzene rings is 2. The van der Waals surface area contributed by atoms with Gasteiger partial charge in [-0.15, -0.1) is 0 Å². The van der Waals surface area contributed by atoms with Crippen molar-refractivity contribution in [3.8, 4) is 5.75 Å². The van der Waals surface area contributed by atoms with Gasteiger partial charge in [-0.1, -0.05) is 0 Å². The second kappa shape index (κ2) is 6.67. The topological polar surface area (TPSA) is 26.3 Å². The summed E-state index contributed by atoms with van der Waals surface area (Å²) in [5.41, 5.74) is 1.02. The van der Waals surface area contributed by atoms with E-state index in [1.54, 1.807) is 18.2 Å². The summed E-state index contributed by atoms with van der Waals surface area (Å²) in [5.74, 6) is 0.204. The van der Waals surface area contributed by atoms with Crippen LogP contribution in [0.4, 0.5) is 4.39 Å². The highest BCUT2D eigenvalue weighted by Gasteiger charge is 2.14. The minimum atomic E-state index is -0.348. The van der Waals surface area contributed by atoms with E-state index in [0.29, 0.717) is 27.1 Å². The second-order valence-corrected chi connectivity index (χ2v) is 6.05. The Morgan fingerprint density at radius 1 is 1.30 bits per heavy atom. The van der Waals surface area contributed by atoms with Crippen molar-refractivity contribution in [2.75, 3.05) is 6.61 Å². The van der Waals surface area contributed by atoms with Crippen LogP contribution in [0.2, 0.25) is 0 Å². The molecule has 0 unspecified atom stereocenters. The third-order valence-electron chi connectivity index (χ3n) is 2.67. The zero-order valence-electron chi connectivity index (χ0n) is 10.6. The quantitative estimate of drug-likeness (QED) is 0.495. The lowest BCUT2D eigenvalue weighted by Crippen LogP contribution is -2.04. The van der Waals surface area contributed by atoms with Gasteiger partial charge < -0.3 is 4.74 Å². The highest BCUT2D eigenvalue weighted by molar-refractivity contribution is 14.1. The van der Waals surface area contributed by atoms with Gasteiger partial charge in [0.05, 0.1) is 11.1 Å². The van der Waals surface area contributed by atoms with Crippen molar-refractivity contribution in [2.24, 2.45) is 0 Å². The summed E-state index contributed by atoms with van der Waals surface area (Å²) in [4.78, 5) is 12.4. The van der Waals surface area contributed by atoms with E-state index < -0.39 is 0 Å². The molecule has 2 aromatic carbocycles. The van der Waals surface area contributed by atoms with Crippen LogP contribution in [-0.2, 0) is 0 Å². The Kier molecular flexibility index (Phi) is 5.15. The monoisotopic (exact) mass is 448 g/mol. The van der Waals surface area contributed by atoms with Gasteiger partial charge in [-0.25, -0.2) is 4.39 Å². The maximum Gasteiger partial charge on any atom is 0.194 e. The Labute approximate surface area is 138 Å². The van der Waals surface area contributed by atoms with Crippen LogP contribution in [0.15, 0.2) is 40.9 Å². The van der Waals surface area contributed by atoms with Crippen LogP contribution in [0.1, 0.15) is 22.8 Å². The van der Waals surface area contributed by atoms with Gasteiger partial charge in [0.15, 0.2) is 5.78 Å². The van der Waals surface area contributed by atoms with Gasteiger partial charge in [0, 0.05) is 14.7 Å². The van der Waals surface area contributed by atoms with Crippen molar-refractivity contribution >= 4 is 44.3 Å². The second-order valence-electron chi connectivity index (χ2n) is 4.03. The van der Waals surface area contributed by atoms with Gasteiger partial charge in [-0.2, -0.15) is 0 Å². The molecule has 0 saturated carbocycles. The summed E-state index contributed by atoms with van der Waals surface area (Å²) in [6.07, 6.45) is 0. The highest BCUT2D eigenvalue weighted by Crippen LogP contribution is 2.27. The third-order valence-corrected chi connectivity index (χ3v) is 4.18. The molecule has 2 aromatic rings. The fourth-order valence-electron chi connectivity index (χ4n) is 1.74. The molecule has 0 aliphatic rings. The number of ether oxygens (including phenoxy) is 1. The van der Waals surface area contributed by atoms with Crippen LogP contribution in [0.3, 0.4) is 0 Å². The maximum absolute atomic E-state index is 13.1. The van der Waals surface area contributed by atoms with Crippen molar-refractivity contribution in [1.82, 2.24) is 0 Å². The lowest BCUT2D eigenvalue weighted by atomic mass is 10.0. The minimum Gasteiger partial charge on any atom is -0.493 e. The molecule has 0 heterocycles. The minimum absolute atomic E-state index is 0.141. The average molecular weight is 449 g/mol. The van der Waals surface area contributed by atoms with Crippen LogP contribution < -0.4 is 4.74 Å². The summed E-state index contributed by atoms with van der Waals surface area (Å²) < 4.78 is 19.8. The van der Waals surface area contributed by atoms with Gasteiger partial charge in [0.1, 0.15) is 11.6 Å². The summed E-state index contributed by atoms with van der Waals surface area (Å²) in [5, 5.41) is 0. The molecule has 2 rings (SSSR count). The normalized spacial score (nSPS) is 10.4. The van der Waals surface area contributed by atoms with Crippen molar-refractivity contribution in [3.05, 3.63) is 61.4 Å². The average Bonchev–Trinajstić information content (AvgIpc) is 2.40. The molecule has 0 bridgehead atoms. The smallest absolute Gasteiger partial charge is 0.194 e. The van der Waals surface area contributed by atoms with Gasteiger partial charge in [-0.3, -0.25) is 4.79 Å². The molecule has 0 atom stereocenters. The molecule has 0 aliphatic heterocycles. The van der Waals surface area contributed by atoms with E-state index in [1.807, 2.05) is 29.5 Å². The van der Waals surface area contributed by atoms with Gasteiger partial charge in [0.25, 0.3) is 0 Å². The summed E-state index contributed by atoms with van der Waals surface area (Å²) >= 11 is 5.34. The number of halogens is 3. The first kappa shape index (κ1) is 15.4. The summed E-state index contributed by atoms with van der Waals surface area (Å²) in [7, 11) is 0. The van der Waals surface area contributed by atoms with Gasteiger partial charge in [-0.05, 0) is 81.8 Å². The number of rotatable bonds is 4. The largest absolute Gasteiger partial charge is 0.493 e. The lowest BCUT2D eigenvalue weighted by Gasteiger charge is -2.08.